The van der Waals surface area contributed by atoms with Crippen molar-refractivity contribution in [1.29, 1.82) is 0 Å². The number of likely N-dealkylation sites (N-methyl/N-ethyl adjacent to an activating group) is 1. The van der Waals surface area contributed by atoms with Gasteiger partial charge in [0.25, 0.3) is 0 Å². The molecule has 0 unspecified atom stereocenters. The number of benzene rings is 1. The van der Waals surface area contributed by atoms with Gasteiger partial charge in [0.15, 0.2) is 0 Å². The first-order chi connectivity index (χ1) is 11.8. The Morgan fingerprint density at radius 1 is 1.08 bits per heavy atom. The monoisotopic (exact) mass is 370 g/mol. The highest BCUT2D eigenvalue weighted by Crippen LogP contribution is 2.17. The van der Waals surface area contributed by atoms with Crippen molar-refractivity contribution in [2.24, 2.45) is 0 Å². The maximum Gasteiger partial charge on any atom is 0.243 e. The van der Waals surface area contributed by atoms with Crippen molar-refractivity contribution in [1.82, 2.24) is 14.9 Å². The number of sulfonamides is 1. The van der Waals surface area contributed by atoms with Gasteiger partial charge in [0.1, 0.15) is 0 Å². The van der Waals surface area contributed by atoms with Gasteiger partial charge in [-0.05, 0) is 37.2 Å². The summed E-state index contributed by atoms with van der Waals surface area (Å²) in [6, 6.07) is 5.79. The standard InChI is InChI=1S/C16H26N4O4S/c1-4-9-17-10-11-18-16(22)12-20(3)25(23,24)15-7-5-14(6-8-15)19-13(2)21/h5-8,17H,4,9-12H2,1-3H3,(H,18,22)(H,19,21). The number of nitrogens with zero attached hydrogens (tertiary/aromatic N) is 1. The SMILES string of the molecule is CCCNCCNC(=O)CN(C)S(=O)(=O)c1ccc(NC(C)=O)cc1. The molecular weight excluding hydrogens is 344 g/mol. The van der Waals surface area contributed by atoms with E-state index in [4.69, 9.17) is 0 Å². The van der Waals surface area contributed by atoms with Crippen LogP contribution >= 0.6 is 0 Å². The number of carbonyl (C=O) groups excluding carboxylic acids is 2. The fourth-order valence-electron chi connectivity index (χ4n) is 2.03. The number of rotatable bonds is 10. The maximum atomic E-state index is 12.5. The highest BCUT2D eigenvalue weighted by molar-refractivity contribution is 7.89. The quantitative estimate of drug-likeness (QED) is 0.516. The number of carbonyl (C=O) groups is 2. The van der Waals surface area contributed by atoms with E-state index in [-0.39, 0.29) is 23.3 Å². The third-order valence-electron chi connectivity index (χ3n) is 3.30. The minimum atomic E-state index is -3.77. The lowest BCUT2D eigenvalue weighted by Gasteiger charge is -2.17. The summed E-state index contributed by atoms with van der Waals surface area (Å²) in [5, 5.41) is 8.38. The molecule has 0 aliphatic heterocycles. The molecule has 3 N–H and O–H groups in total. The molecule has 0 fully saturated rings. The van der Waals surface area contributed by atoms with Gasteiger partial charge in [-0.1, -0.05) is 6.92 Å². The summed E-state index contributed by atoms with van der Waals surface area (Å²) in [4.78, 5) is 22.9. The summed E-state index contributed by atoms with van der Waals surface area (Å²) >= 11 is 0. The molecule has 0 aromatic heterocycles. The molecule has 0 atom stereocenters. The normalized spacial score (nSPS) is 11.4. The first-order valence-electron chi connectivity index (χ1n) is 8.08. The Morgan fingerprint density at radius 3 is 2.28 bits per heavy atom. The van der Waals surface area contributed by atoms with Gasteiger partial charge in [0.05, 0.1) is 11.4 Å². The molecule has 0 saturated carbocycles. The van der Waals surface area contributed by atoms with E-state index in [1.807, 2.05) is 6.92 Å². The summed E-state index contributed by atoms with van der Waals surface area (Å²) in [6.07, 6.45) is 1.01. The van der Waals surface area contributed by atoms with Crippen LogP contribution in [0.4, 0.5) is 5.69 Å². The number of anilines is 1. The van der Waals surface area contributed by atoms with Crippen LogP contribution in [-0.2, 0) is 19.6 Å². The van der Waals surface area contributed by atoms with Crippen molar-refractivity contribution in [3.8, 4) is 0 Å². The zero-order valence-electron chi connectivity index (χ0n) is 14.8. The summed E-state index contributed by atoms with van der Waals surface area (Å²) in [6.45, 7) is 5.11. The first-order valence-corrected chi connectivity index (χ1v) is 9.52. The first kappa shape index (κ1) is 21.1. The van der Waals surface area contributed by atoms with E-state index in [2.05, 4.69) is 16.0 Å². The molecule has 9 heteroatoms. The zero-order valence-corrected chi connectivity index (χ0v) is 15.6. The molecule has 25 heavy (non-hydrogen) atoms. The molecule has 140 valence electrons. The Bertz CT molecular complexity index is 674. The molecule has 2 amide bonds. The fourth-order valence-corrected chi connectivity index (χ4v) is 3.16. The van der Waals surface area contributed by atoms with Crippen molar-refractivity contribution < 1.29 is 18.0 Å². The van der Waals surface area contributed by atoms with Crippen molar-refractivity contribution in [3.63, 3.8) is 0 Å². The van der Waals surface area contributed by atoms with E-state index < -0.39 is 10.0 Å². The Labute approximate surface area is 149 Å². The Morgan fingerprint density at radius 2 is 1.72 bits per heavy atom. The average molecular weight is 370 g/mol. The van der Waals surface area contributed by atoms with Crippen molar-refractivity contribution in [2.75, 3.05) is 38.5 Å². The number of nitrogens with one attached hydrogen (secondary N) is 3. The van der Waals surface area contributed by atoms with Gasteiger partial charge in [-0.25, -0.2) is 8.42 Å². The van der Waals surface area contributed by atoms with Crippen molar-refractivity contribution in [2.45, 2.75) is 25.2 Å². The number of hydrogen-bond donors (Lipinski definition) is 3. The fraction of sp³-hybridized carbons (Fsp3) is 0.500. The molecule has 0 bridgehead atoms. The van der Waals surface area contributed by atoms with Gasteiger partial charge in [-0.3, -0.25) is 9.59 Å². The van der Waals surface area contributed by atoms with Crippen LogP contribution in [0.2, 0.25) is 0 Å². The van der Waals surface area contributed by atoms with Crippen molar-refractivity contribution >= 4 is 27.5 Å². The van der Waals surface area contributed by atoms with Gasteiger partial charge >= 0.3 is 0 Å². The summed E-state index contributed by atoms with van der Waals surface area (Å²) in [5.41, 5.74) is 0.506. The van der Waals surface area contributed by atoms with E-state index in [1.54, 1.807) is 0 Å². The minimum absolute atomic E-state index is 0.0570. The van der Waals surface area contributed by atoms with Crippen LogP contribution < -0.4 is 16.0 Å². The largest absolute Gasteiger partial charge is 0.354 e. The number of amides is 2. The maximum absolute atomic E-state index is 12.5. The molecular formula is C16H26N4O4S. The van der Waals surface area contributed by atoms with E-state index >= 15 is 0 Å². The smallest absolute Gasteiger partial charge is 0.243 e. The molecule has 0 radical (unpaired) electrons. The average Bonchev–Trinajstić information content (AvgIpc) is 2.54. The zero-order chi connectivity index (χ0) is 18.9. The minimum Gasteiger partial charge on any atom is -0.354 e. The highest BCUT2D eigenvalue weighted by Gasteiger charge is 2.22. The second kappa shape index (κ2) is 10.1. The van der Waals surface area contributed by atoms with Crippen LogP contribution in [0.15, 0.2) is 29.2 Å². The lowest BCUT2D eigenvalue weighted by Crippen LogP contribution is -2.40. The molecule has 0 spiro atoms. The molecule has 1 rings (SSSR count). The second-order valence-electron chi connectivity index (χ2n) is 5.57. The Kier molecular flexibility index (Phi) is 8.53. The van der Waals surface area contributed by atoms with Crippen LogP contribution in [-0.4, -0.2) is 57.8 Å². The summed E-state index contributed by atoms with van der Waals surface area (Å²) in [7, 11) is -2.42. The predicted molar refractivity (Wildman–Crippen MR) is 96.7 cm³/mol. The Balaban J connectivity index is 2.59. The number of hydrogen-bond acceptors (Lipinski definition) is 5. The predicted octanol–water partition coefficient (Wildman–Crippen LogP) is 0.381. The molecule has 0 aliphatic rings. The molecule has 0 aliphatic carbocycles. The van der Waals surface area contributed by atoms with Crippen molar-refractivity contribution in [3.05, 3.63) is 24.3 Å². The molecule has 0 saturated heterocycles. The molecule has 1 aromatic carbocycles. The van der Waals surface area contributed by atoms with Crippen LogP contribution in [0.25, 0.3) is 0 Å². The van der Waals surface area contributed by atoms with E-state index in [1.165, 1.54) is 38.2 Å². The topological polar surface area (TPSA) is 108 Å². The van der Waals surface area contributed by atoms with E-state index in [9.17, 15) is 18.0 Å². The molecule has 8 nitrogen and oxygen atoms in total. The Hall–Kier alpha value is -1.97. The summed E-state index contributed by atoms with van der Waals surface area (Å²) < 4.78 is 25.9. The highest BCUT2D eigenvalue weighted by atomic mass is 32.2. The lowest BCUT2D eigenvalue weighted by atomic mass is 10.3. The van der Waals surface area contributed by atoms with E-state index in [0.717, 1.165) is 17.3 Å². The van der Waals surface area contributed by atoms with Crippen LogP contribution in [0.1, 0.15) is 20.3 Å². The lowest BCUT2D eigenvalue weighted by molar-refractivity contribution is -0.121. The third kappa shape index (κ3) is 7.20. The van der Waals surface area contributed by atoms with Gasteiger partial charge in [-0.2, -0.15) is 4.31 Å². The third-order valence-corrected chi connectivity index (χ3v) is 5.12. The molecule has 0 heterocycles. The van der Waals surface area contributed by atoms with Crippen LogP contribution in [0, 0.1) is 0 Å². The van der Waals surface area contributed by atoms with Gasteiger partial charge in [0.2, 0.25) is 21.8 Å². The van der Waals surface area contributed by atoms with Gasteiger partial charge in [0, 0.05) is 32.7 Å². The molecule has 1 aromatic rings. The summed E-state index contributed by atoms with van der Waals surface area (Å²) in [5.74, 6) is -0.600. The van der Waals surface area contributed by atoms with Gasteiger partial charge < -0.3 is 16.0 Å². The van der Waals surface area contributed by atoms with E-state index in [0.29, 0.717) is 18.8 Å². The second-order valence-corrected chi connectivity index (χ2v) is 7.61. The van der Waals surface area contributed by atoms with Crippen LogP contribution in [0.3, 0.4) is 0 Å². The van der Waals surface area contributed by atoms with Gasteiger partial charge in [-0.15, -0.1) is 0 Å². The van der Waals surface area contributed by atoms with Crippen LogP contribution in [0.5, 0.6) is 0 Å².